The molecule has 1 aromatic heterocycles. The van der Waals surface area contributed by atoms with Gasteiger partial charge in [0, 0.05) is 43.3 Å². The summed E-state index contributed by atoms with van der Waals surface area (Å²) < 4.78 is 0. The number of nitrogens with zero attached hydrogens (tertiary/aromatic N) is 1. The van der Waals surface area contributed by atoms with Crippen LogP contribution in [-0.4, -0.2) is 146 Å². The van der Waals surface area contributed by atoms with Crippen LogP contribution in [0.2, 0.25) is 0 Å². The summed E-state index contributed by atoms with van der Waals surface area (Å²) in [4.78, 5) is 138. The van der Waals surface area contributed by atoms with Crippen LogP contribution in [0, 0.1) is 17.8 Å². The van der Waals surface area contributed by atoms with Crippen LogP contribution in [0.5, 0.6) is 5.75 Å². The summed E-state index contributed by atoms with van der Waals surface area (Å²) in [6, 6.07) is -2.26. The van der Waals surface area contributed by atoms with Crippen LogP contribution in [-0.2, 0) is 60.8 Å². The Morgan fingerprint density at radius 3 is 2.10 bits per heavy atom. The molecule has 1 aromatic carbocycles. The number of carboxylic acids is 2. The van der Waals surface area contributed by atoms with Crippen LogP contribution in [0.15, 0.2) is 40.7 Å². The van der Waals surface area contributed by atoms with E-state index < -0.39 is 133 Å². The van der Waals surface area contributed by atoms with Crippen molar-refractivity contribution in [2.45, 2.75) is 121 Å². The second-order valence-electron chi connectivity index (χ2n) is 17.7. The Morgan fingerprint density at radius 1 is 0.829 bits per heavy atom. The highest BCUT2D eigenvalue weighted by molar-refractivity contribution is 8.15. The van der Waals surface area contributed by atoms with Crippen molar-refractivity contribution in [3.63, 3.8) is 0 Å². The van der Waals surface area contributed by atoms with Gasteiger partial charge >= 0.3 is 11.9 Å². The van der Waals surface area contributed by atoms with Crippen molar-refractivity contribution in [3.8, 4) is 5.75 Å². The molecular weight excluding hydrogens is 953 g/mol. The van der Waals surface area contributed by atoms with Gasteiger partial charge in [-0.25, -0.2) is 4.79 Å². The maximum atomic E-state index is 14.3. The number of carboxylic acid groups (broad SMARTS) is 2. The normalized spacial score (nSPS) is 21.7. The van der Waals surface area contributed by atoms with Gasteiger partial charge in [0.1, 0.15) is 41.0 Å². The fourth-order valence-electron chi connectivity index (χ4n) is 7.49. The number of nitrogens with one attached hydrogen (secondary N) is 6. The molecule has 2 aliphatic rings. The lowest BCUT2D eigenvalue weighted by molar-refractivity contribution is -0.143. The standard InChI is InChI=1S/C46H62N8O14S2/c1-22(2)28(40(62)49-29(46(67)68)7-5-6-12-47)17-35(57)24(4)48-39(61)23(3)13-36(58)30-15-26-16-37(69-20-26)45-54-34(21-70-45)44(66)52-32(18-38(59)60)42(64)53-33(19-55)43(65)51-31(41(63)50-30)14-25-8-10-27(56)11-9-25/h8-11,16,20,22-24,28-34,55-56H,5-7,12-15,17-19,21,47H2,1-4H3,(H,48,61)(H,49,62)(H,50,63)(H,51,65)(H,52,66)(H,53,64)(H,59,60)(H,67,68)/t23-,24+,28+,29+,30-,31+,32+,33+,34+/m1/s1. The molecule has 2 aliphatic heterocycles. The number of aliphatic hydroxyl groups is 1. The number of phenolic OH excluding ortho intramolecular Hbond substituents is 1. The highest BCUT2D eigenvalue weighted by atomic mass is 32.2. The number of rotatable bonds is 21. The van der Waals surface area contributed by atoms with Gasteiger partial charge in [0.05, 0.1) is 30.0 Å². The molecule has 0 fully saturated rings. The van der Waals surface area contributed by atoms with Gasteiger partial charge in [-0.1, -0.05) is 32.9 Å². The number of carbonyl (C=O) groups excluding carboxylic acids is 8. The molecule has 2 aromatic rings. The van der Waals surface area contributed by atoms with Gasteiger partial charge in [0.15, 0.2) is 11.6 Å². The van der Waals surface area contributed by atoms with Crippen molar-refractivity contribution < 1.29 is 68.4 Å². The van der Waals surface area contributed by atoms with Crippen LogP contribution in [0.4, 0.5) is 0 Å². The number of aliphatic hydroxyl groups excluding tert-OH is 1. The first-order valence-electron chi connectivity index (χ1n) is 22.8. The highest BCUT2D eigenvalue weighted by Gasteiger charge is 2.36. The largest absolute Gasteiger partial charge is 0.508 e. The summed E-state index contributed by atoms with van der Waals surface area (Å²) in [6.07, 6.45) is -0.814. The number of aliphatic imine (C=N–C) groups is 1. The SMILES string of the molecule is CC(C)[C@H](CC(=O)[C@H](C)NC(=O)[C@H](C)CC(=O)[C@H]1Cc2csc(c2)C2=N[C@@H](CS2)C(=O)N[C@@H](CC(=O)O)C(=O)N[C@@H](CO)C(=O)N[C@@H](Cc2ccc(O)cc2)C(=O)N1)C(=O)N[C@@H](CCCCN)C(=O)O. The lowest BCUT2D eigenvalue weighted by Gasteiger charge is -2.26. The molecule has 70 heavy (non-hydrogen) atoms. The summed E-state index contributed by atoms with van der Waals surface area (Å²) >= 11 is 2.45. The maximum absolute atomic E-state index is 14.3. The zero-order valence-electron chi connectivity index (χ0n) is 39.2. The van der Waals surface area contributed by atoms with Gasteiger partial charge in [0.25, 0.3) is 0 Å². The Balaban J connectivity index is 1.59. The van der Waals surface area contributed by atoms with E-state index in [1.165, 1.54) is 61.2 Å². The Morgan fingerprint density at radius 2 is 1.47 bits per heavy atom. The number of benzene rings is 1. The van der Waals surface area contributed by atoms with E-state index >= 15 is 0 Å². The first-order chi connectivity index (χ1) is 33.1. The monoisotopic (exact) mass is 1010 g/mol. The van der Waals surface area contributed by atoms with E-state index in [1.807, 2.05) is 0 Å². The zero-order chi connectivity index (χ0) is 51.8. The van der Waals surface area contributed by atoms with E-state index in [0.717, 1.165) is 0 Å². The van der Waals surface area contributed by atoms with Gasteiger partial charge < -0.3 is 58.1 Å². The molecule has 24 heteroatoms. The second-order valence-corrected chi connectivity index (χ2v) is 19.6. The number of carbonyl (C=O) groups is 10. The third-order valence-electron chi connectivity index (χ3n) is 11.7. The minimum absolute atomic E-state index is 0.0952. The first-order valence-corrected chi connectivity index (χ1v) is 24.7. The van der Waals surface area contributed by atoms with Gasteiger partial charge in [0.2, 0.25) is 35.4 Å². The number of ketones is 2. The Kier molecular flexibility index (Phi) is 21.5. The summed E-state index contributed by atoms with van der Waals surface area (Å²) in [5, 5.41) is 56.4. The van der Waals surface area contributed by atoms with Crippen molar-refractivity contribution in [3.05, 3.63) is 51.7 Å². The number of aliphatic carboxylic acids is 2. The van der Waals surface area contributed by atoms with Crippen LogP contribution in [0.1, 0.15) is 82.2 Å². The van der Waals surface area contributed by atoms with Crippen LogP contribution in [0.25, 0.3) is 0 Å². The molecule has 0 aliphatic carbocycles. The third-order valence-corrected chi connectivity index (χ3v) is 13.9. The fourth-order valence-corrected chi connectivity index (χ4v) is 9.57. The van der Waals surface area contributed by atoms with Gasteiger partial charge in [-0.2, -0.15) is 0 Å². The van der Waals surface area contributed by atoms with E-state index in [4.69, 9.17) is 5.73 Å². The quantitative estimate of drug-likeness (QED) is 0.0706. The molecule has 3 heterocycles. The predicted octanol–water partition coefficient (Wildman–Crippen LogP) is -0.449. The molecule has 12 N–H and O–H groups in total. The molecule has 22 nitrogen and oxygen atoms in total. The number of amides is 6. The van der Waals surface area contributed by atoms with E-state index in [9.17, 15) is 68.4 Å². The van der Waals surface area contributed by atoms with Crippen LogP contribution >= 0.6 is 23.1 Å². The number of fused-ring (bicyclic) bond motifs is 4. The van der Waals surface area contributed by atoms with E-state index in [1.54, 1.807) is 25.3 Å². The highest BCUT2D eigenvalue weighted by Crippen LogP contribution is 2.29. The number of hydrogen-bond donors (Lipinski definition) is 11. The van der Waals surface area contributed by atoms with Crippen molar-refractivity contribution in [2.75, 3.05) is 18.9 Å². The molecule has 9 atom stereocenters. The number of nitrogens with two attached hydrogens (primary N) is 1. The number of phenols is 1. The second kappa shape index (κ2) is 26.7. The Bertz CT molecular complexity index is 2290. The molecule has 4 rings (SSSR count). The lowest BCUT2D eigenvalue weighted by Crippen LogP contribution is -2.59. The van der Waals surface area contributed by atoms with Crippen molar-refractivity contribution in [1.82, 2.24) is 31.9 Å². The number of hydrogen-bond acceptors (Lipinski definition) is 16. The van der Waals surface area contributed by atoms with Crippen molar-refractivity contribution in [2.24, 2.45) is 28.5 Å². The average Bonchev–Trinajstić information content (AvgIpc) is 3.99. The maximum Gasteiger partial charge on any atom is 0.326 e. The first kappa shape index (κ1) is 56.3. The molecule has 0 unspecified atom stereocenters. The van der Waals surface area contributed by atoms with Crippen molar-refractivity contribution in [1.29, 1.82) is 0 Å². The number of thioether (sulfide) groups is 1. The molecule has 6 amide bonds. The summed E-state index contributed by atoms with van der Waals surface area (Å²) in [5.41, 5.74) is 6.50. The molecule has 0 saturated carbocycles. The summed E-state index contributed by atoms with van der Waals surface area (Å²) in [7, 11) is 0. The molecule has 0 spiro atoms. The molecule has 0 radical (unpaired) electrons. The number of thiophene rings is 1. The number of Topliss-reactive ketones (excluding diaryl/α,β-unsaturated/α-hetero) is 2. The third kappa shape index (κ3) is 16.7. The Hall–Kier alpha value is -6.24. The summed E-state index contributed by atoms with van der Waals surface area (Å²) in [5.74, 6) is -11.3. The van der Waals surface area contributed by atoms with Gasteiger partial charge in [-0.15, -0.1) is 23.1 Å². The van der Waals surface area contributed by atoms with Gasteiger partial charge in [-0.3, -0.25) is 48.1 Å². The number of aromatic hydroxyl groups is 1. The predicted molar refractivity (Wildman–Crippen MR) is 256 cm³/mol. The number of unbranched alkanes of at least 4 members (excludes halogenated alkanes) is 1. The van der Waals surface area contributed by atoms with E-state index in [2.05, 4.69) is 36.9 Å². The Labute approximate surface area is 412 Å². The average molecular weight is 1020 g/mol. The lowest BCUT2D eigenvalue weighted by atomic mass is 9.87. The fraction of sp³-hybridized carbons (Fsp3) is 0.543. The molecular formula is C46H62N8O14S2. The van der Waals surface area contributed by atoms with Gasteiger partial charge in [-0.05, 0) is 73.4 Å². The minimum Gasteiger partial charge on any atom is -0.508 e. The summed E-state index contributed by atoms with van der Waals surface area (Å²) in [6.45, 7) is 5.62. The van der Waals surface area contributed by atoms with Crippen molar-refractivity contribution >= 4 is 87.1 Å². The minimum atomic E-state index is -1.76. The van der Waals surface area contributed by atoms with Crippen LogP contribution in [0.3, 0.4) is 0 Å². The van der Waals surface area contributed by atoms with E-state index in [0.29, 0.717) is 40.4 Å². The topological polar surface area (TPSA) is 362 Å². The smallest absolute Gasteiger partial charge is 0.326 e. The molecule has 0 saturated heterocycles. The molecule has 382 valence electrons. The molecule has 4 bridgehead atoms. The zero-order valence-corrected chi connectivity index (χ0v) is 40.9. The van der Waals surface area contributed by atoms with Crippen LogP contribution < -0.4 is 37.6 Å². The van der Waals surface area contributed by atoms with E-state index in [-0.39, 0.29) is 43.1 Å².